The number of benzene rings is 1. The summed E-state index contributed by atoms with van der Waals surface area (Å²) in [5.74, 6) is -0.733. The SMILES string of the molecule is CC(=O)N1CCN(c2nc(N[C@H](C)c3ccc(C(F)(F)F)cc3F)c3c(n2)C(=O)N(C(C)C)C3)CC1.O=C1NCc2cncnc21. The molecule has 6 rings (SSSR count). The molecule has 0 aliphatic carbocycles. The average molecular weight is 644 g/mol. The van der Waals surface area contributed by atoms with Gasteiger partial charge in [0.15, 0.2) is 0 Å². The molecule has 3 aliphatic heterocycles. The van der Waals surface area contributed by atoms with Crippen molar-refractivity contribution in [3.63, 3.8) is 0 Å². The highest BCUT2D eigenvalue weighted by molar-refractivity contribution is 5.98. The molecule has 46 heavy (non-hydrogen) atoms. The third kappa shape index (κ3) is 6.70. The van der Waals surface area contributed by atoms with E-state index in [4.69, 9.17) is 0 Å². The molecular formula is C30H33F4N9O3. The second-order valence-corrected chi connectivity index (χ2v) is 11.4. The van der Waals surface area contributed by atoms with Gasteiger partial charge in [0.25, 0.3) is 11.8 Å². The summed E-state index contributed by atoms with van der Waals surface area (Å²) in [7, 11) is 0. The zero-order chi connectivity index (χ0) is 33.3. The number of rotatable bonds is 5. The van der Waals surface area contributed by atoms with Crippen LogP contribution in [0.5, 0.6) is 0 Å². The van der Waals surface area contributed by atoms with Crippen LogP contribution in [0.3, 0.4) is 0 Å². The molecule has 2 N–H and O–H groups in total. The fourth-order valence-electron chi connectivity index (χ4n) is 5.37. The van der Waals surface area contributed by atoms with Crippen molar-refractivity contribution in [2.24, 2.45) is 0 Å². The summed E-state index contributed by atoms with van der Waals surface area (Å²) in [5.41, 5.74) is 1.16. The summed E-state index contributed by atoms with van der Waals surface area (Å²) in [6, 6.07) is 1.58. The first-order valence-corrected chi connectivity index (χ1v) is 14.7. The molecule has 1 fully saturated rings. The lowest BCUT2D eigenvalue weighted by atomic mass is 10.0. The Bertz CT molecular complexity index is 1660. The van der Waals surface area contributed by atoms with Gasteiger partial charge in [-0.2, -0.15) is 18.2 Å². The summed E-state index contributed by atoms with van der Waals surface area (Å²) in [5, 5.41) is 5.75. The van der Waals surface area contributed by atoms with Crippen LogP contribution in [0.4, 0.5) is 29.3 Å². The highest BCUT2D eigenvalue weighted by Gasteiger charge is 2.36. The van der Waals surface area contributed by atoms with Crippen molar-refractivity contribution in [1.82, 2.24) is 35.1 Å². The second-order valence-electron chi connectivity index (χ2n) is 11.4. The number of carbonyl (C=O) groups is 3. The van der Waals surface area contributed by atoms with Crippen LogP contribution in [-0.4, -0.2) is 79.7 Å². The Morgan fingerprint density at radius 2 is 1.76 bits per heavy atom. The summed E-state index contributed by atoms with van der Waals surface area (Å²) < 4.78 is 53.5. The highest BCUT2D eigenvalue weighted by atomic mass is 19.4. The van der Waals surface area contributed by atoms with Gasteiger partial charge in [0.05, 0.1) is 18.2 Å². The number of hydrogen-bond donors (Lipinski definition) is 2. The first kappa shape index (κ1) is 32.5. The second kappa shape index (κ2) is 12.8. The van der Waals surface area contributed by atoms with Crippen molar-refractivity contribution in [1.29, 1.82) is 0 Å². The Morgan fingerprint density at radius 3 is 2.37 bits per heavy atom. The van der Waals surface area contributed by atoms with E-state index in [0.29, 0.717) is 61.8 Å². The van der Waals surface area contributed by atoms with E-state index < -0.39 is 23.6 Å². The number of piperazine rings is 1. The molecule has 1 atom stereocenters. The van der Waals surface area contributed by atoms with E-state index in [-0.39, 0.29) is 41.6 Å². The number of anilines is 2. The highest BCUT2D eigenvalue weighted by Crippen LogP contribution is 2.35. The summed E-state index contributed by atoms with van der Waals surface area (Å²) in [4.78, 5) is 57.6. The largest absolute Gasteiger partial charge is 0.416 e. The Balaban J connectivity index is 0.000000350. The average Bonchev–Trinajstić information content (AvgIpc) is 3.56. The minimum atomic E-state index is -4.65. The molecule has 1 saturated heterocycles. The third-order valence-corrected chi connectivity index (χ3v) is 8.01. The molecule has 3 aromatic rings. The molecule has 244 valence electrons. The Labute approximate surface area is 262 Å². The fourth-order valence-corrected chi connectivity index (χ4v) is 5.37. The monoisotopic (exact) mass is 643 g/mol. The third-order valence-electron chi connectivity index (χ3n) is 8.01. The number of aromatic nitrogens is 4. The molecule has 0 radical (unpaired) electrons. The first-order chi connectivity index (χ1) is 21.7. The van der Waals surface area contributed by atoms with E-state index in [1.54, 1.807) is 22.9 Å². The lowest BCUT2D eigenvalue weighted by molar-refractivity contribution is -0.137. The van der Waals surface area contributed by atoms with Crippen LogP contribution in [0.25, 0.3) is 0 Å². The van der Waals surface area contributed by atoms with Crippen molar-refractivity contribution in [2.45, 2.75) is 59.0 Å². The van der Waals surface area contributed by atoms with Gasteiger partial charge in [-0.1, -0.05) is 6.07 Å². The van der Waals surface area contributed by atoms with Gasteiger partial charge in [0.2, 0.25) is 11.9 Å². The van der Waals surface area contributed by atoms with Crippen LogP contribution in [0, 0.1) is 5.82 Å². The van der Waals surface area contributed by atoms with E-state index in [9.17, 15) is 31.9 Å². The summed E-state index contributed by atoms with van der Waals surface area (Å²) in [6.07, 6.45) is -1.62. The van der Waals surface area contributed by atoms with Crippen molar-refractivity contribution < 1.29 is 31.9 Å². The van der Waals surface area contributed by atoms with Crippen LogP contribution in [0.1, 0.15) is 77.0 Å². The molecule has 0 bridgehead atoms. The molecular weight excluding hydrogens is 610 g/mol. The van der Waals surface area contributed by atoms with Crippen molar-refractivity contribution in [3.8, 4) is 0 Å². The number of carbonyl (C=O) groups excluding carboxylic acids is 3. The smallest absolute Gasteiger partial charge is 0.363 e. The molecule has 16 heteroatoms. The predicted octanol–water partition coefficient (Wildman–Crippen LogP) is 3.56. The first-order valence-electron chi connectivity index (χ1n) is 14.7. The number of nitrogens with zero attached hydrogens (tertiary/aromatic N) is 7. The van der Waals surface area contributed by atoms with Gasteiger partial charge in [-0.05, 0) is 32.9 Å². The number of nitrogens with one attached hydrogen (secondary N) is 2. The number of hydrogen-bond acceptors (Lipinski definition) is 9. The zero-order valence-corrected chi connectivity index (χ0v) is 25.7. The van der Waals surface area contributed by atoms with E-state index in [2.05, 4.69) is 30.6 Å². The van der Waals surface area contributed by atoms with Gasteiger partial charge in [0, 0.05) is 68.6 Å². The number of halogens is 4. The van der Waals surface area contributed by atoms with Gasteiger partial charge >= 0.3 is 6.18 Å². The lowest BCUT2D eigenvalue weighted by Crippen LogP contribution is -2.48. The van der Waals surface area contributed by atoms with Crippen molar-refractivity contribution in [3.05, 3.63) is 70.2 Å². The maximum atomic E-state index is 14.6. The quantitative estimate of drug-likeness (QED) is 0.400. The van der Waals surface area contributed by atoms with Crippen LogP contribution >= 0.6 is 0 Å². The minimum Gasteiger partial charge on any atom is -0.363 e. The maximum absolute atomic E-state index is 14.6. The zero-order valence-electron chi connectivity index (χ0n) is 25.7. The summed E-state index contributed by atoms with van der Waals surface area (Å²) >= 11 is 0. The van der Waals surface area contributed by atoms with E-state index in [1.807, 2.05) is 18.7 Å². The number of alkyl halides is 3. The topological polar surface area (TPSA) is 137 Å². The van der Waals surface area contributed by atoms with Crippen molar-refractivity contribution in [2.75, 3.05) is 36.4 Å². The molecule has 0 saturated carbocycles. The Morgan fingerprint density at radius 1 is 1.04 bits per heavy atom. The number of amides is 3. The van der Waals surface area contributed by atoms with Crippen LogP contribution in [0.15, 0.2) is 30.7 Å². The van der Waals surface area contributed by atoms with Crippen LogP contribution < -0.4 is 15.5 Å². The predicted molar refractivity (Wildman–Crippen MR) is 158 cm³/mol. The van der Waals surface area contributed by atoms with Crippen LogP contribution in [-0.2, 0) is 24.1 Å². The van der Waals surface area contributed by atoms with Gasteiger partial charge in [-0.3, -0.25) is 14.4 Å². The number of fused-ring (bicyclic) bond motifs is 2. The van der Waals surface area contributed by atoms with Crippen LogP contribution in [0.2, 0.25) is 0 Å². The normalized spacial score (nSPS) is 16.5. The standard InChI is InChI=1S/C24H28F4N6O2.C6H5N3O/c1-13(2)34-12-18-20(22(34)36)30-23(33-9-7-32(8-10-33)15(4)35)31-21(18)29-14(3)17-6-5-16(11-19(17)25)24(26,27)28;10-6-5-4(2-8-6)1-7-3-9-5/h5-6,11,13-14H,7-10,12H2,1-4H3,(H,29,30,31);1,3H,2H2,(H,8,10)/t14-;/m1./s1. The molecule has 3 aliphatic rings. The Hall–Kier alpha value is -4.89. The van der Waals surface area contributed by atoms with E-state index >= 15 is 0 Å². The van der Waals surface area contributed by atoms with Gasteiger partial charge in [0.1, 0.15) is 29.4 Å². The molecule has 12 nitrogen and oxygen atoms in total. The van der Waals surface area contributed by atoms with E-state index in [0.717, 1.165) is 17.7 Å². The molecule has 0 spiro atoms. The van der Waals surface area contributed by atoms with Gasteiger partial charge in [-0.25, -0.2) is 19.3 Å². The molecule has 2 aromatic heterocycles. The van der Waals surface area contributed by atoms with Crippen molar-refractivity contribution >= 4 is 29.5 Å². The Kier molecular flexibility index (Phi) is 9.08. The molecule has 1 aromatic carbocycles. The fraction of sp³-hybridized carbons (Fsp3) is 0.433. The van der Waals surface area contributed by atoms with Gasteiger partial charge < -0.3 is 25.3 Å². The molecule has 5 heterocycles. The molecule has 0 unspecified atom stereocenters. The van der Waals surface area contributed by atoms with Gasteiger partial charge in [-0.15, -0.1) is 0 Å². The maximum Gasteiger partial charge on any atom is 0.416 e. The summed E-state index contributed by atoms with van der Waals surface area (Å²) in [6.45, 7) is 9.62. The lowest BCUT2D eigenvalue weighted by Gasteiger charge is -2.34. The van der Waals surface area contributed by atoms with E-state index in [1.165, 1.54) is 13.3 Å². The minimum absolute atomic E-state index is 0.0259. The molecule has 3 amide bonds.